The molecule has 0 N–H and O–H groups in total. The summed E-state index contributed by atoms with van der Waals surface area (Å²) in [6.07, 6.45) is 2.24. The zero-order chi connectivity index (χ0) is 14.2. The minimum Gasteiger partial charge on any atom is -0.377 e. The molecular formula is C14H18ClN3OS. The minimum absolute atomic E-state index is 0.0604. The monoisotopic (exact) mass is 311 g/mol. The van der Waals surface area contributed by atoms with Gasteiger partial charge in [0.15, 0.2) is 0 Å². The SMILES string of the molecule is COC1(C)CCCN(Cc2nc(Cl)c3ccsc3n2)C1. The lowest BCUT2D eigenvalue weighted by Gasteiger charge is -2.39. The quantitative estimate of drug-likeness (QED) is 0.815. The van der Waals surface area contributed by atoms with Crippen LogP contribution in [0.3, 0.4) is 0 Å². The molecule has 108 valence electrons. The Morgan fingerprint density at radius 2 is 2.35 bits per heavy atom. The number of hydrogen-bond acceptors (Lipinski definition) is 5. The number of ether oxygens (including phenoxy) is 1. The molecule has 0 radical (unpaired) electrons. The average Bonchev–Trinajstić information content (AvgIpc) is 2.88. The normalized spacial score (nSPS) is 24.4. The standard InChI is InChI=1S/C14H18ClN3OS/c1-14(19-2)5-3-6-18(9-14)8-11-16-12(15)10-4-7-20-13(10)17-11/h4,7H,3,5-6,8-9H2,1-2H3. The lowest BCUT2D eigenvalue weighted by molar-refractivity contribution is -0.0531. The van der Waals surface area contributed by atoms with Crippen LogP contribution in [-0.2, 0) is 11.3 Å². The van der Waals surface area contributed by atoms with Crippen LogP contribution in [0.4, 0.5) is 0 Å². The van der Waals surface area contributed by atoms with Crippen LogP contribution in [0.25, 0.3) is 10.2 Å². The predicted octanol–water partition coefficient (Wildman–Crippen LogP) is 3.35. The minimum atomic E-state index is -0.0604. The fourth-order valence-corrected chi connectivity index (χ4v) is 3.83. The highest BCUT2D eigenvalue weighted by molar-refractivity contribution is 7.16. The van der Waals surface area contributed by atoms with E-state index in [-0.39, 0.29) is 5.60 Å². The number of halogens is 1. The molecule has 0 spiro atoms. The van der Waals surface area contributed by atoms with Crippen molar-refractivity contribution in [3.8, 4) is 0 Å². The molecule has 1 fully saturated rings. The van der Waals surface area contributed by atoms with E-state index in [2.05, 4.69) is 21.8 Å². The van der Waals surface area contributed by atoms with E-state index in [0.717, 1.165) is 48.5 Å². The average molecular weight is 312 g/mol. The lowest BCUT2D eigenvalue weighted by Crippen LogP contribution is -2.47. The Morgan fingerprint density at radius 3 is 3.15 bits per heavy atom. The zero-order valence-electron chi connectivity index (χ0n) is 11.7. The van der Waals surface area contributed by atoms with Gasteiger partial charge in [-0.15, -0.1) is 11.3 Å². The van der Waals surface area contributed by atoms with E-state index < -0.39 is 0 Å². The molecule has 0 aromatic carbocycles. The van der Waals surface area contributed by atoms with Crippen LogP contribution in [0.15, 0.2) is 11.4 Å². The van der Waals surface area contributed by atoms with E-state index in [4.69, 9.17) is 16.3 Å². The molecule has 1 unspecified atom stereocenters. The van der Waals surface area contributed by atoms with Crippen molar-refractivity contribution in [3.63, 3.8) is 0 Å². The first-order chi connectivity index (χ1) is 9.59. The molecule has 20 heavy (non-hydrogen) atoms. The van der Waals surface area contributed by atoms with Crippen LogP contribution < -0.4 is 0 Å². The van der Waals surface area contributed by atoms with Gasteiger partial charge in [0.05, 0.1) is 12.1 Å². The van der Waals surface area contributed by atoms with Crippen molar-refractivity contribution in [2.75, 3.05) is 20.2 Å². The number of hydrogen-bond donors (Lipinski definition) is 0. The summed E-state index contributed by atoms with van der Waals surface area (Å²) >= 11 is 7.82. The molecule has 1 aliphatic rings. The molecule has 0 saturated carbocycles. The summed E-state index contributed by atoms with van der Waals surface area (Å²) in [5.74, 6) is 0.797. The molecule has 1 saturated heterocycles. The number of thiophene rings is 1. The molecule has 2 aromatic heterocycles. The summed E-state index contributed by atoms with van der Waals surface area (Å²) in [6.45, 7) is 4.86. The first kappa shape index (κ1) is 14.2. The number of fused-ring (bicyclic) bond motifs is 1. The van der Waals surface area contributed by atoms with Crippen LogP contribution in [0.2, 0.25) is 5.15 Å². The van der Waals surface area contributed by atoms with Crippen LogP contribution in [0.5, 0.6) is 0 Å². The van der Waals surface area contributed by atoms with Crippen molar-refractivity contribution >= 4 is 33.2 Å². The Kier molecular flexibility index (Phi) is 3.95. The van der Waals surface area contributed by atoms with E-state index in [9.17, 15) is 0 Å². The molecule has 1 atom stereocenters. The van der Waals surface area contributed by atoms with Crippen molar-refractivity contribution in [1.29, 1.82) is 0 Å². The van der Waals surface area contributed by atoms with Gasteiger partial charge in [0, 0.05) is 19.0 Å². The molecule has 6 heteroatoms. The van der Waals surface area contributed by atoms with Gasteiger partial charge < -0.3 is 4.74 Å². The molecule has 0 amide bonds. The summed E-state index contributed by atoms with van der Waals surface area (Å²) in [6, 6.07) is 1.97. The van der Waals surface area contributed by atoms with Gasteiger partial charge in [0.1, 0.15) is 15.8 Å². The number of nitrogens with zero attached hydrogens (tertiary/aromatic N) is 3. The Labute approximate surface area is 127 Å². The Balaban J connectivity index is 1.79. The van der Waals surface area contributed by atoms with Crippen LogP contribution in [-0.4, -0.2) is 40.7 Å². The molecule has 3 rings (SSSR count). The second kappa shape index (κ2) is 5.56. The summed E-state index contributed by atoms with van der Waals surface area (Å²) in [4.78, 5) is 12.3. The maximum Gasteiger partial charge on any atom is 0.145 e. The first-order valence-corrected chi connectivity index (χ1v) is 8.02. The van der Waals surface area contributed by atoms with Crippen LogP contribution in [0, 0.1) is 0 Å². The smallest absolute Gasteiger partial charge is 0.145 e. The third-order valence-electron chi connectivity index (χ3n) is 3.92. The summed E-state index contributed by atoms with van der Waals surface area (Å²) in [5.41, 5.74) is -0.0604. The molecule has 3 heterocycles. The van der Waals surface area contributed by atoms with E-state index in [1.807, 2.05) is 11.4 Å². The Morgan fingerprint density at radius 1 is 1.50 bits per heavy atom. The van der Waals surface area contributed by atoms with Crippen molar-refractivity contribution in [2.45, 2.75) is 31.9 Å². The molecule has 2 aromatic rings. The van der Waals surface area contributed by atoms with Crippen molar-refractivity contribution < 1.29 is 4.74 Å². The predicted molar refractivity (Wildman–Crippen MR) is 82.4 cm³/mol. The van der Waals surface area contributed by atoms with Gasteiger partial charge in [-0.25, -0.2) is 9.97 Å². The van der Waals surface area contributed by atoms with Gasteiger partial charge in [0.2, 0.25) is 0 Å². The summed E-state index contributed by atoms with van der Waals surface area (Å²) in [7, 11) is 1.79. The topological polar surface area (TPSA) is 38.2 Å². The van der Waals surface area contributed by atoms with Gasteiger partial charge in [0.25, 0.3) is 0 Å². The van der Waals surface area contributed by atoms with Gasteiger partial charge >= 0.3 is 0 Å². The first-order valence-electron chi connectivity index (χ1n) is 6.77. The highest BCUT2D eigenvalue weighted by Gasteiger charge is 2.31. The largest absolute Gasteiger partial charge is 0.377 e. The van der Waals surface area contributed by atoms with E-state index >= 15 is 0 Å². The number of methoxy groups -OCH3 is 1. The second-order valence-corrected chi connectivity index (χ2v) is 6.79. The maximum atomic E-state index is 6.22. The summed E-state index contributed by atoms with van der Waals surface area (Å²) < 4.78 is 5.62. The fourth-order valence-electron chi connectivity index (χ4n) is 2.74. The molecule has 4 nitrogen and oxygen atoms in total. The van der Waals surface area contributed by atoms with Crippen molar-refractivity contribution in [2.24, 2.45) is 0 Å². The van der Waals surface area contributed by atoms with Gasteiger partial charge in [-0.05, 0) is 37.8 Å². The maximum absolute atomic E-state index is 6.22. The molecule has 1 aliphatic heterocycles. The van der Waals surface area contributed by atoms with E-state index in [1.165, 1.54) is 0 Å². The van der Waals surface area contributed by atoms with Gasteiger partial charge in [-0.2, -0.15) is 0 Å². The third kappa shape index (κ3) is 2.81. The molecular weight excluding hydrogens is 294 g/mol. The second-order valence-electron chi connectivity index (χ2n) is 5.54. The fraction of sp³-hybridized carbons (Fsp3) is 0.571. The number of piperidine rings is 1. The zero-order valence-corrected chi connectivity index (χ0v) is 13.3. The van der Waals surface area contributed by atoms with Gasteiger partial charge in [-0.3, -0.25) is 4.90 Å². The molecule has 0 aliphatic carbocycles. The lowest BCUT2D eigenvalue weighted by atomic mass is 9.95. The van der Waals surface area contributed by atoms with Crippen molar-refractivity contribution in [1.82, 2.24) is 14.9 Å². The summed E-state index contributed by atoms with van der Waals surface area (Å²) in [5, 5.41) is 3.50. The third-order valence-corrected chi connectivity index (χ3v) is 5.02. The number of likely N-dealkylation sites (tertiary alicyclic amines) is 1. The highest BCUT2D eigenvalue weighted by Crippen LogP contribution is 2.27. The van der Waals surface area contributed by atoms with Crippen LogP contribution in [0.1, 0.15) is 25.6 Å². The Bertz CT molecular complexity index is 617. The van der Waals surface area contributed by atoms with E-state index in [0.29, 0.717) is 5.15 Å². The van der Waals surface area contributed by atoms with Gasteiger partial charge in [-0.1, -0.05) is 11.6 Å². The van der Waals surface area contributed by atoms with Crippen LogP contribution >= 0.6 is 22.9 Å². The van der Waals surface area contributed by atoms with Crippen molar-refractivity contribution in [3.05, 3.63) is 22.4 Å². The number of rotatable bonds is 3. The number of aromatic nitrogens is 2. The Hall–Kier alpha value is -0.750. The highest BCUT2D eigenvalue weighted by atomic mass is 35.5. The molecule has 0 bridgehead atoms. The van der Waals surface area contributed by atoms with E-state index in [1.54, 1.807) is 18.4 Å².